The Labute approximate surface area is 156 Å². The number of pyridine rings is 1. The summed E-state index contributed by atoms with van der Waals surface area (Å²) in [6.45, 7) is 5.09. The summed E-state index contributed by atoms with van der Waals surface area (Å²) >= 11 is 0.854. The van der Waals surface area contributed by atoms with Crippen LogP contribution in [0.3, 0.4) is 0 Å². The van der Waals surface area contributed by atoms with Crippen molar-refractivity contribution in [3.05, 3.63) is 34.0 Å². The lowest BCUT2D eigenvalue weighted by atomic mass is 10.1. The third-order valence-corrected chi connectivity index (χ3v) is 5.30. The summed E-state index contributed by atoms with van der Waals surface area (Å²) in [4.78, 5) is 32.7. The number of fused-ring (bicyclic) bond motifs is 3. The Morgan fingerprint density at radius 1 is 1.41 bits per heavy atom. The molecule has 1 amide bonds. The van der Waals surface area contributed by atoms with Gasteiger partial charge in [-0.05, 0) is 31.9 Å². The maximum absolute atomic E-state index is 13.0. The Balaban J connectivity index is 2.08. The molecule has 144 valence electrons. The minimum Gasteiger partial charge on any atom is -0.352 e. The van der Waals surface area contributed by atoms with Crippen LogP contribution in [0.25, 0.3) is 20.4 Å². The Morgan fingerprint density at radius 2 is 2.11 bits per heavy atom. The first-order chi connectivity index (χ1) is 12.6. The average Bonchev–Trinajstić information content (AvgIpc) is 2.96. The van der Waals surface area contributed by atoms with E-state index in [9.17, 15) is 22.8 Å². The van der Waals surface area contributed by atoms with E-state index in [1.165, 1.54) is 13.3 Å². The molecule has 6 nitrogen and oxygen atoms in total. The van der Waals surface area contributed by atoms with Crippen molar-refractivity contribution in [3.8, 4) is 0 Å². The van der Waals surface area contributed by atoms with Gasteiger partial charge in [0.2, 0.25) is 5.91 Å². The van der Waals surface area contributed by atoms with Gasteiger partial charge in [0.05, 0.1) is 11.8 Å². The number of carbonyl (C=O) groups excluding carboxylic acids is 1. The molecule has 0 fully saturated rings. The van der Waals surface area contributed by atoms with E-state index in [1.807, 2.05) is 13.8 Å². The van der Waals surface area contributed by atoms with Crippen molar-refractivity contribution in [2.45, 2.75) is 46.0 Å². The fourth-order valence-electron chi connectivity index (χ4n) is 2.68. The van der Waals surface area contributed by atoms with Crippen molar-refractivity contribution in [3.63, 3.8) is 0 Å². The summed E-state index contributed by atoms with van der Waals surface area (Å²) in [5, 5.41) is 3.18. The molecule has 0 radical (unpaired) electrons. The number of nitrogens with one attached hydrogen (secondary N) is 1. The van der Waals surface area contributed by atoms with Crippen LogP contribution in [0.15, 0.2) is 17.2 Å². The summed E-state index contributed by atoms with van der Waals surface area (Å²) in [7, 11) is 0. The van der Waals surface area contributed by atoms with Crippen molar-refractivity contribution in [1.82, 2.24) is 19.9 Å². The fourth-order valence-corrected chi connectivity index (χ4v) is 3.83. The summed E-state index contributed by atoms with van der Waals surface area (Å²) in [6, 6.07) is 0.920. The second kappa shape index (κ2) is 6.91. The lowest BCUT2D eigenvalue weighted by Crippen LogP contribution is -2.37. The molecule has 3 heterocycles. The Hall–Kier alpha value is -2.49. The third-order valence-electron chi connectivity index (χ3n) is 4.24. The van der Waals surface area contributed by atoms with Crippen molar-refractivity contribution in [1.29, 1.82) is 0 Å². The van der Waals surface area contributed by atoms with Gasteiger partial charge in [-0.1, -0.05) is 6.92 Å². The lowest BCUT2D eigenvalue weighted by Gasteiger charge is -2.12. The number of rotatable bonds is 4. The summed E-state index contributed by atoms with van der Waals surface area (Å²) < 4.78 is 40.3. The van der Waals surface area contributed by atoms with Gasteiger partial charge in [-0.3, -0.25) is 14.2 Å². The SMILES string of the molecule is CC[C@@H](C)NC(=O)Cn1cnc2c(sc3nc(C(F)(F)F)cc(C)c32)c1=O. The number of hydrogen-bond donors (Lipinski definition) is 1. The number of nitrogens with zero attached hydrogens (tertiary/aromatic N) is 3. The van der Waals surface area contributed by atoms with Crippen molar-refractivity contribution in [2.24, 2.45) is 0 Å². The first-order valence-corrected chi connectivity index (χ1v) is 9.09. The summed E-state index contributed by atoms with van der Waals surface area (Å²) in [5.74, 6) is -0.331. The normalized spacial score (nSPS) is 13.3. The molecule has 1 N–H and O–H groups in total. The number of halogens is 3. The first kappa shape index (κ1) is 19.3. The van der Waals surface area contributed by atoms with Crippen LogP contribution in [0.2, 0.25) is 0 Å². The van der Waals surface area contributed by atoms with E-state index in [0.29, 0.717) is 16.5 Å². The Kier molecular flexibility index (Phi) is 4.94. The zero-order chi connectivity index (χ0) is 19.9. The molecule has 3 aromatic rings. The predicted octanol–water partition coefficient (Wildman–Crippen LogP) is 3.25. The van der Waals surface area contributed by atoms with Gasteiger partial charge in [-0.15, -0.1) is 11.3 Å². The average molecular weight is 398 g/mol. The van der Waals surface area contributed by atoms with Gasteiger partial charge >= 0.3 is 6.18 Å². The van der Waals surface area contributed by atoms with Crippen molar-refractivity contribution >= 4 is 37.7 Å². The molecule has 27 heavy (non-hydrogen) atoms. The van der Waals surface area contributed by atoms with E-state index in [-0.39, 0.29) is 28.0 Å². The Morgan fingerprint density at radius 3 is 2.74 bits per heavy atom. The molecule has 3 rings (SSSR count). The number of hydrogen-bond acceptors (Lipinski definition) is 5. The van der Waals surface area contributed by atoms with E-state index in [4.69, 9.17) is 0 Å². The Bertz CT molecular complexity index is 1090. The first-order valence-electron chi connectivity index (χ1n) is 8.27. The van der Waals surface area contributed by atoms with Crippen LogP contribution in [-0.2, 0) is 17.5 Å². The molecule has 3 aromatic heterocycles. The molecule has 0 spiro atoms. The highest BCUT2D eigenvalue weighted by Gasteiger charge is 2.33. The van der Waals surface area contributed by atoms with Crippen LogP contribution in [0, 0.1) is 6.92 Å². The standard InChI is InChI=1S/C17H17F3N4O2S/c1-4-9(3)22-11(25)6-24-7-21-13-12-8(2)5-10(17(18,19)20)23-15(12)27-14(13)16(24)26/h5,7,9H,4,6H2,1-3H3,(H,22,25)/t9-/m1/s1. The van der Waals surface area contributed by atoms with E-state index in [0.717, 1.165) is 28.4 Å². The smallest absolute Gasteiger partial charge is 0.352 e. The minimum atomic E-state index is -4.57. The van der Waals surface area contributed by atoms with Gasteiger partial charge < -0.3 is 5.32 Å². The second-order valence-electron chi connectivity index (χ2n) is 6.34. The third kappa shape index (κ3) is 3.66. The van der Waals surface area contributed by atoms with Crippen LogP contribution in [0.5, 0.6) is 0 Å². The monoisotopic (exact) mass is 398 g/mol. The number of carbonyl (C=O) groups is 1. The summed E-state index contributed by atoms with van der Waals surface area (Å²) in [6.07, 6.45) is -2.58. The van der Waals surface area contributed by atoms with Crippen LogP contribution in [0.4, 0.5) is 13.2 Å². The van der Waals surface area contributed by atoms with Crippen LogP contribution >= 0.6 is 11.3 Å². The number of alkyl halides is 3. The molecule has 0 aliphatic carbocycles. The van der Waals surface area contributed by atoms with E-state index in [1.54, 1.807) is 0 Å². The quantitative estimate of drug-likeness (QED) is 0.732. The molecule has 0 saturated heterocycles. The molecule has 0 aliphatic rings. The molecule has 0 saturated carbocycles. The van der Waals surface area contributed by atoms with Crippen molar-refractivity contribution < 1.29 is 18.0 Å². The molecule has 0 aromatic carbocycles. The lowest BCUT2D eigenvalue weighted by molar-refractivity contribution is -0.141. The fraction of sp³-hybridized carbons (Fsp3) is 0.412. The largest absolute Gasteiger partial charge is 0.433 e. The number of aromatic nitrogens is 3. The van der Waals surface area contributed by atoms with Crippen LogP contribution in [0.1, 0.15) is 31.5 Å². The predicted molar refractivity (Wildman–Crippen MR) is 96.8 cm³/mol. The maximum Gasteiger partial charge on any atom is 0.433 e. The van der Waals surface area contributed by atoms with Crippen LogP contribution in [-0.4, -0.2) is 26.5 Å². The number of aryl methyl sites for hydroxylation is 1. The zero-order valence-corrected chi connectivity index (χ0v) is 15.7. The van der Waals surface area contributed by atoms with Gasteiger partial charge in [0.1, 0.15) is 21.8 Å². The summed E-state index contributed by atoms with van der Waals surface area (Å²) in [5.41, 5.74) is -0.836. The van der Waals surface area contributed by atoms with Gasteiger partial charge in [0.15, 0.2) is 0 Å². The van der Waals surface area contributed by atoms with Crippen molar-refractivity contribution in [2.75, 3.05) is 0 Å². The van der Waals surface area contributed by atoms with E-state index < -0.39 is 17.4 Å². The number of amides is 1. The molecule has 0 unspecified atom stereocenters. The topological polar surface area (TPSA) is 76.9 Å². The molecule has 0 bridgehead atoms. The minimum absolute atomic E-state index is 0.0261. The van der Waals surface area contributed by atoms with Gasteiger partial charge in [-0.25, -0.2) is 9.97 Å². The van der Waals surface area contributed by atoms with Crippen LogP contribution < -0.4 is 10.9 Å². The second-order valence-corrected chi connectivity index (χ2v) is 7.34. The highest BCUT2D eigenvalue weighted by molar-refractivity contribution is 7.25. The zero-order valence-electron chi connectivity index (χ0n) is 14.8. The van der Waals surface area contributed by atoms with E-state index >= 15 is 0 Å². The molecule has 1 atom stereocenters. The molecular formula is C17H17F3N4O2S. The van der Waals surface area contributed by atoms with Gasteiger partial charge in [0.25, 0.3) is 5.56 Å². The maximum atomic E-state index is 13.0. The highest BCUT2D eigenvalue weighted by atomic mass is 32.1. The molecule has 0 aliphatic heterocycles. The number of thiophene rings is 1. The van der Waals surface area contributed by atoms with Gasteiger partial charge in [0, 0.05) is 11.4 Å². The molecular weight excluding hydrogens is 381 g/mol. The highest BCUT2D eigenvalue weighted by Crippen LogP contribution is 2.36. The van der Waals surface area contributed by atoms with E-state index in [2.05, 4.69) is 15.3 Å². The van der Waals surface area contributed by atoms with Gasteiger partial charge in [-0.2, -0.15) is 13.2 Å². The molecule has 10 heteroatoms.